The zero-order chi connectivity index (χ0) is 12.8. The minimum atomic E-state index is -0.785. The maximum absolute atomic E-state index is 10.6. The second-order valence-electron chi connectivity index (χ2n) is 4.03. The third kappa shape index (κ3) is 3.94. The fraction of sp³-hybridized carbons (Fsp3) is 0.500. The number of pyridine rings is 1. The van der Waals surface area contributed by atoms with Crippen LogP contribution in [0.15, 0.2) is 12.3 Å². The molecule has 1 aromatic heterocycles. The molecule has 0 fully saturated rings. The number of hydrogen-bond donors (Lipinski definition) is 2. The SMILES string of the molecule is CCCN(CCC(=O)O)c1cnc(N)cc1C. The Bertz CT molecular complexity index is 393. The van der Waals surface area contributed by atoms with Crippen molar-refractivity contribution >= 4 is 17.5 Å². The van der Waals surface area contributed by atoms with Crippen LogP contribution in [0.5, 0.6) is 0 Å². The standard InChI is InChI=1S/C12H19N3O2/c1-3-5-15(6-4-12(16)17)10-8-14-11(13)7-9(10)2/h7-8H,3-6H2,1-2H3,(H2,13,14)(H,16,17). The predicted octanol–water partition coefficient (Wildman–Crippen LogP) is 1.66. The number of carbonyl (C=O) groups is 1. The van der Waals surface area contributed by atoms with Gasteiger partial charge in [-0.15, -0.1) is 0 Å². The van der Waals surface area contributed by atoms with Crippen LogP contribution in [0.4, 0.5) is 11.5 Å². The fourth-order valence-electron chi connectivity index (χ4n) is 1.75. The molecule has 0 amide bonds. The maximum atomic E-state index is 10.6. The molecule has 5 heteroatoms. The molecular weight excluding hydrogens is 218 g/mol. The van der Waals surface area contributed by atoms with Gasteiger partial charge in [-0.1, -0.05) is 6.92 Å². The van der Waals surface area contributed by atoms with Crippen molar-refractivity contribution in [1.82, 2.24) is 4.98 Å². The minimum Gasteiger partial charge on any atom is -0.481 e. The van der Waals surface area contributed by atoms with Gasteiger partial charge in [-0.3, -0.25) is 4.79 Å². The molecule has 94 valence electrons. The number of rotatable bonds is 6. The molecule has 5 nitrogen and oxygen atoms in total. The van der Waals surface area contributed by atoms with Gasteiger partial charge in [0.1, 0.15) is 5.82 Å². The molecule has 0 aliphatic carbocycles. The molecule has 0 atom stereocenters. The van der Waals surface area contributed by atoms with Crippen molar-refractivity contribution in [2.24, 2.45) is 0 Å². The lowest BCUT2D eigenvalue weighted by atomic mass is 10.2. The molecule has 3 N–H and O–H groups in total. The topological polar surface area (TPSA) is 79.5 Å². The van der Waals surface area contributed by atoms with Gasteiger partial charge in [0.25, 0.3) is 0 Å². The van der Waals surface area contributed by atoms with E-state index < -0.39 is 5.97 Å². The Morgan fingerprint density at radius 1 is 1.53 bits per heavy atom. The summed E-state index contributed by atoms with van der Waals surface area (Å²) in [6, 6.07) is 1.80. The van der Waals surface area contributed by atoms with Crippen LogP contribution in [0.25, 0.3) is 0 Å². The Hall–Kier alpha value is -1.78. The number of anilines is 2. The highest BCUT2D eigenvalue weighted by atomic mass is 16.4. The molecule has 1 heterocycles. The third-order valence-corrected chi connectivity index (χ3v) is 2.53. The molecule has 17 heavy (non-hydrogen) atoms. The summed E-state index contributed by atoms with van der Waals surface area (Å²) < 4.78 is 0. The summed E-state index contributed by atoms with van der Waals surface area (Å²) in [4.78, 5) is 16.7. The number of nitrogen functional groups attached to an aromatic ring is 1. The monoisotopic (exact) mass is 237 g/mol. The van der Waals surface area contributed by atoms with Gasteiger partial charge in [0.15, 0.2) is 0 Å². The summed E-state index contributed by atoms with van der Waals surface area (Å²) in [7, 11) is 0. The second kappa shape index (κ2) is 6.08. The van der Waals surface area contributed by atoms with E-state index in [1.807, 2.05) is 11.8 Å². The molecule has 0 saturated heterocycles. The molecule has 1 aromatic rings. The van der Waals surface area contributed by atoms with Crippen molar-refractivity contribution in [2.45, 2.75) is 26.7 Å². The van der Waals surface area contributed by atoms with Crippen LogP contribution in [0.1, 0.15) is 25.3 Å². The van der Waals surface area contributed by atoms with Gasteiger partial charge in [0.2, 0.25) is 0 Å². The Balaban J connectivity index is 2.84. The third-order valence-electron chi connectivity index (χ3n) is 2.53. The zero-order valence-corrected chi connectivity index (χ0v) is 10.3. The van der Waals surface area contributed by atoms with Crippen molar-refractivity contribution in [2.75, 3.05) is 23.7 Å². The van der Waals surface area contributed by atoms with Crippen molar-refractivity contribution in [3.05, 3.63) is 17.8 Å². The van der Waals surface area contributed by atoms with E-state index in [0.717, 1.165) is 24.2 Å². The second-order valence-corrected chi connectivity index (χ2v) is 4.03. The Morgan fingerprint density at radius 3 is 2.76 bits per heavy atom. The molecule has 0 aliphatic rings. The normalized spacial score (nSPS) is 10.2. The fourth-order valence-corrected chi connectivity index (χ4v) is 1.75. The highest BCUT2D eigenvalue weighted by Crippen LogP contribution is 2.20. The van der Waals surface area contributed by atoms with Gasteiger partial charge >= 0.3 is 5.97 Å². The van der Waals surface area contributed by atoms with E-state index in [1.165, 1.54) is 0 Å². The Labute approximate surface area is 101 Å². The minimum absolute atomic E-state index is 0.129. The molecular formula is C12H19N3O2. The molecule has 0 radical (unpaired) electrons. The largest absolute Gasteiger partial charge is 0.481 e. The number of carboxylic acids is 1. The van der Waals surface area contributed by atoms with Crippen LogP contribution in [-0.4, -0.2) is 29.1 Å². The van der Waals surface area contributed by atoms with Crippen molar-refractivity contribution in [3.63, 3.8) is 0 Å². The molecule has 1 rings (SSSR count). The Kier molecular flexibility index (Phi) is 4.75. The lowest BCUT2D eigenvalue weighted by molar-refractivity contribution is -0.136. The van der Waals surface area contributed by atoms with Gasteiger partial charge in [0, 0.05) is 13.1 Å². The maximum Gasteiger partial charge on any atom is 0.305 e. The Morgan fingerprint density at radius 2 is 2.24 bits per heavy atom. The number of aliphatic carboxylic acids is 1. The van der Waals surface area contributed by atoms with E-state index in [9.17, 15) is 4.79 Å². The molecule has 0 unspecified atom stereocenters. The van der Waals surface area contributed by atoms with E-state index in [2.05, 4.69) is 11.9 Å². The average Bonchev–Trinajstić information content (AvgIpc) is 2.24. The number of nitrogens with zero attached hydrogens (tertiary/aromatic N) is 2. The summed E-state index contributed by atoms with van der Waals surface area (Å²) in [5, 5.41) is 8.73. The molecule has 0 bridgehead atoms. The van der Waals surface area contributed by atoms with Gasteiger partial charge < -0.3 is 15.7 Å². The van der Waals surface area contributed by atoms with Crippen LogP contribution >= 0.6 is 0 Å². The van der Waals surface area contributed by atoms with Crippen molar-refractivity contribution in [3.8, 4) is 0 Å². The van der Waals surface area contributed by atoms with E-state index in [1.54, 1.807) is 12.3 Å². The van der Waals surface area contributed by atoms with Gasteiger partial charge in [-0.05, 0) is 25.0 Å². The van der Waals surface area contributed by atoms with Gasteiger partial charge in [-0.25, -0.2) is 4.98 Å². The highest BCUT2D eigenvalue weighted by molar-refractivity contribution is 5.68. The first-order valence-electron chi connectivity index (χ1n) is 5.73. The number of aryl methyl sites for hydroxylation is 1. The summed E-state index contributed by atoms with van der Waals surface area (Å²) in [6.07, 6.45) is 2.80. The molecule has 0 spiro atoms. The van der Waals surface area contributed by atoms with Crippen LogP contribution in [0.3, 0.4) is 0 Å². The quantitative estimate of drug-likeness (QED) is 0.786. The summed E-state index contributed by atoms with van der Waals surface area (Å²) in [5.74, 6) is -0.298. The lowest BCUT2D eigenvalue weighted by Crippen LogP contribution is -2.27. The van der Waals surface area contributed by atoms with Gasteiger partial charge in [-0.2, -0.15) is 0 Å². The van der Waals surface area contributed by atoms with E-state index in [-0.39, 0.29) is 6.42 Å². The first-order valence-corrected chi connectivity index (χ1v) is 5.73. The van der Waals surface area contributed by atoms with E-state index in [0.29, 0.717) is 12.4 Å². The van der Waals surface area contributed by atoms with Crippen LogP contribution in [0, 0.1) is 6.92 Å². The number of aromatic nitrogens is 1. The first kappa shape index (κ1) is 13.3. The predicted molar refractivity (Wildman–Crippen MR) is 68.1 cm³/mol. The summed E-state index contributed by atoms with van der Waals surface area (Å²) >= 11 is 0. The smallest absolute Gasteiger partial charge is 0.305 e. The number of carboxylic acid groups (broad SMARTS) is 1. The molecule has 0 aliphatic heterocycles. The molecule has 0 saturated carbocycles. The first-order chi connectivity index (χ1) is 8.04. The molecule has 0 aromatic carbocycles. The average molecular weight is 237 g/mol. The lowest BCUT2D eigenvalue weighted by Gasteiger charge is -2.25. The van der Waals surface area contributed by atoms with E-state index in [4.69, 9.17) is 10.8 Å². The highest BCUT2D eigenvalue weighted by Gasteiger charge is 2.10. The number of nitrogens with two attached hydrogens (primary N) is 1. The van der Waals surface area contributed by atoms with Crippen molar-refractivity contribution < 1.29 is 9.90 Å². The summed E-state index contributed by atoms with van der Waals surface area (Å²) in [6.45, 7) is 5.33. The van der Waals surface area contributed by atoms with Crippen LogP contribution < -0.4 is 10.6 Å². The van der Waals surface area contributed by atoms with Crippen LogP contribution in [-0.2, 0) is 4.79 Å². The van der Waals surface area contributed by atoms with E-state index >= 15 is 0 Å². The van der Waals surface area contributed by atoms with Crippen LogP contribution in [0.2, 0.25) is 0 Å². The van der Waals surface area contributed by atoms with Gasteiger partial charge in [0.05, 0.1) is 18.3 Å². The summed E-state index contributed by atoms with van der Waals surface area (Å²) in [5.41, 5.74) is 7.58. The zero-order valence-electron chi connectivity index (χ0n) is 10.3. The number of hydrogen-bond acceptors (Lipinski definition) is 4. The van der Waals surface area contributed by atoms with Crippen molar-refractivity contribution in [1.29, 1.82) is 0 Å².